The second-order valence-corrected chi connectivity index (χ2v) is 6.65. The van der Waals surface area contributed by atoms with Gasteiger partial charge in [-0.15, -0.1) is 0 Å². The molecule has 1 atom stereocenters. The molecule has 3 rings (SSSR count). The van der Waals surface area contributed by atoms with Crippen molar-refractivity contribution in [3.05, 3.63) is 0 Å². The highest BCUT2D eigenvalue weighted by molar-refractivity contribution is 6.06. The standard InChI is InChI=1S/C15H26N4O2/c1-18-13(20)15(17-14(18)21)6-10-19(11-7-15)9-5-12-4-2-3-8-16-12/h12,16H,2-11H2,1H3,(H,17,21). The third-order valence-electron chi connectivity index (χ3n) is 5.28. The zero-order valence-electron chi connectivity index (χ0n) is 12.9. The summed E-state index contributed by atoms with van der Waals surface area (Å²) in [5.41, 5.74) is -0.620. The van der Waals surface area contributed by atoms with Crippen LogP contribution in [0.25, 0.3) is 0 Å². The van der Waals surface area contributed by atoms with Gasteiger partial charge in [0, 0.05) is 26.2 Å². The summed E-state index contributed by atoms with van der Waals surface area (Å²) in [6, 6.07) is 0.411. The summed E-state index contributed by atoms with van der Waals surface area (Å²) in [6.07, 6.45) is 6.59. The molecule has 1 unspecified atom stereocenters. The first-order chi connectivity index (χ1) is 10.1. The van der Waals surface area contributed by atoms with Crippen LogP contribution in [0.15, 0.2) is 0 Å². The van der Waals surface area contributed by atoms with E-state index in [9.17, 15) is 9.59 Å². The Hall–Kier alpha value is -1.14. The van der Waals surface area contributed by atoms with Crippen molar-refractivity contribution in [2.75, 3.05) is 33.2 Å². The number of imide groups is 1. The number of hydrogen-bond donors (Lipinski definition) is 2. The van der Waals surface area contributed by atoms with Crippen molar-refractivity contribution in [3.8, 4) is 0 Å². The average molecular weight is 294 g/mol. The number of hydrogen-bond acceptors (Lipinski definition) is 4. The highest BCUT2D eigenvalue weighted by atomic mass is 16.2. The Kier molecular flexibility index (Phi) is 4.17. The fraction of sp³-hybridized carbons (Fsp3) is 0.867. The molecule has 0 aromatic carbocycles. The molecule has 6 heteroatoms. The van der Waals surface area contributed by atoms with Crippen LogP contribution < -0.4 is 10.6 Å². The Balaban J connectivity index is 1.47. The van der Waals surface area contributed by atoms with E-state index in [-0.39, 0.29) is 11.9 Å². The third-order valence-corrected chi connectivity index (χ3v) is 5.28. The van der Waals surface area contributed by atoms with Crippen LogP contribution in [-0.4, -0.2) is 66.5 Å². The van der Waals surface area contributed by atoms with E-state index in [1.807, 2.05) is 0 Å². The van der Waals surface area contributed by atoms with E-state index < -0.39 is 5.54 Å². The minimum Gasteiger partial charge on any atom is -0.323 e. The first-order valence-corrected chi connectivity index (χ1v) is 8.17. The van der Waals surface area contributed by atoms with Gasteiger partial charge in [-0.05, 0) is 45.2 Å². The Bertz CT molecular complexity index is 412. The highest BCUT2D eigenvalue weighted by Crippen LogP contribution is 2.28. The molecule has 3 fully saturated rings. The lowest BCUT2D eigenvalue weighted by molar-refractivity contribution is -0.132. The molecule has 3 saturated heterocycles. The number of carbonyl (C=O) groups excluding carboxylic acids is 2. The number of nitrogens with one attached hydrogen (secondary N) is 2. The largest absolute Gasteiger partial charge is 0.324 e. The van der Waals surface area contributed by atoms with E-state index in [4.69, 9.17) is 0 Å². The van der Waals surface area contributed by atoms with Crippen molar-refractivity contribution in [1.82, 2.24) is 20.4 Å². The van der Waals surface area contributed by atoms with Crippen LogP contribution in [0.1, 0.15) is 38.5 Å². The second kappa shape index (κ2) is 5.93. The molecule has 0 radical (unpaired) electrons. The van der Waals surface area contributed by atoms with E-state index >= 15 is 0 Å². The van der Waals surface area contributed by atoms with Gasteiger partial charge < -0.3 is 15.5 Å². The lowest BCUT2D eigenvalue weighted by Crippen LogP contribution is -2.55. The number of piperidine rings is 2. The summed E-state index contributed by atoms with van der Waals surface area (Å²) < 4.78 is 0. The Morgan fingerprint density at radius 2 is 2.00 bits per heavy atom. The van der Waals surface area contributed by atoms with Gasteiger partial charge in [-0.1, -0.05) is 6.42 Å². The number of urea groups is 1. The van der Waals surface area contributed by atoms with Gasteiger partial charge in [0.25, 0.3) is 5.91 Å². The maximum Gasteiger partial charge on any atom is 0.324 e. The molecular weight excluding hydrogens is 268 g/mol. The van der Waals surface area contributed by atoms with Gasteiger partial charge >= 0.3 is 6.03 Å². The summed E-state index contributed by atoms with van der Waals surface area (Å²) in [4.78, 5) is 27.5. The zero-order chi connectivity index (χ0) is 14.9. The fourth-order valence-corrected chi connectivity index (χ4v) is 3.76. The molecule has 3 amide bonds. The second-order valence-electron chi connectivity index (χ2n) is 6.65. The van der Waals surface area contributed by atoms with Gasteiger partial charge in [-0.3, -0.25) is 9.69 Å². The summed E-state index contributed by atoms with van der Waals surface area (Å²) in [6.45, 7) is 4.03. The number of nitrogens with zero attached hydrogens (tertiary/aromatic N) is 2. The van der Waals surface area contributed by atoms with E-state index in [2.05, 4.69) is 15.5 Å². The molecule has 0 aliphatic carbocycles. The van der Waals surface area contributed by atoms with Crippen molar-refractivity contribution in [2.24, 2.45) is 0 Å². The van der Waals surface area contributed by atoms with Gasteiger partial charge in [-0.2, -0.15) is 0 Å². The van der Waals surface area contributed by atoms with Gasteiger partial charge in [0.15, 0.2) is 0 Å². The average Bonchev–Trinajstić information content (AvgIpc) is 2.72. The van der Waals surface area contributed by atoms with Crippen LogP contribution in [0.5, 0.6) is 0 Å². The molecule has 0 aromatic rings. The Morgan fingerprint density at radius 1 is 1.24 bits per heavy atom. The molecule has 6 nitrogen and oxygen atoms in total. The normalized spacial score (nSPS) is 30.0. The number of carbonyl (C=O) groups is 2. The summed E-state index contributed by atoms with van der Waals surface area (Å²) in [5.74, 6) is -0.0545. The van der Waals surface area contributed by atoms with Crippen molar-refractivity contribution >= 4 is 11.9 Å². The maximum atomic E-state index is 12.2. The lowest BCUT2D eigenvalue weighted by atomic mass is 9.87. The van der Waals surface area contributed by atoms with Gasteiger partial charge in [0.05, 0.1) is 0 Å². The molecule has 0 bridgehead atoms. The predicted octanol–water partition coefficient (Wildman–Crippen LogP) is 0.535. The zero-order valence-corrected chi connectivity index (χ0v) is 12.9. The smallest absolute Gasteiger partial charge is 0.323 e. The minimum absolute atomic E-state index is 0.0545. The summed E-state index contributed by atoms with van der Waals surface area (Å²) in [5, 5.41) is 6.47. The topological polar surface area (TPSA) is 64.7 Å². The predicted molar refractivity (Wildman–Crippen MR) is 80.0 cm³/mol. The van der Waals surface area contributed by atoms with Crippen LogP contribution in [0.3, 0.4) is 0 Å². The van der Waals surface area contributed by atoms with Crippen molar-refractivity contribution in [3.63, 3.8) is 0 Å². The van der Waals surface area contributed by atoms with Crippen LogP contribution in [-0.2, 0) is 4.79 Å². The van der Waals surface area contributed by atoms with Crippen molar-refractivity contribution < 1.29 is 9.59 Å². The van der Waals surface area contributed by atoms with Crippen LogP contribution in [0.2, 0.25) is 0 Å². The quantitative estimate of drug-likeness (QED) is 0.746. The van der Waals surface area contributed by atoms with E-state index in [1.54, 1.807) is 7.05 Å². The monoisotopic (exact) mass is 294 g/mol. The molecule has 3 aliphatic heterocycles. The van der Waals surface area contributed by atoms with Crippen molar-refractivity contribution in [2.45, 2.75) is 50.1 Å². The van der Waals surface area contributed by atoms with Crippen LogP contribution in [0.4, 0.5) is 4.79 Å². The molecule has 118 valence electrons. The van der Waals surface area contributed by atoms with Crippen LogP contribution in [0, 0.1) is 0 Å². The Labute approximate surface area is 126 Å². The van der Waals surface area contributed by atoms with Gasteiger partial charge in [-0.25, -0.2) is 4.79 Å². The van der Waals surface area contributed by atoms with Crippen molar-refractivity contribution in [1.29, 1.82) is 0 Å². The molecule has 1 spiro atoms. The summed E-state index contributed by atoms with van der Waals surface area (Å²) in [7, 11) is 1.56. The number of amides is 3. The first-order valence-electron chi connectivity index (χ1n) is 8.17. The fourth-order valence-electron chi connectivity index (χ4n) is 3.76. The molecule has 0 aromatic heterocycles. The number of rotatable bonds is 3. The number of likely N-dealkylation sites (tertiary alicyclic amines) is 1. The molecule has 21 heavy (non-hydrogen) atoms. The highest BCUT2D eigenvalue weighted by Gasteiger charge is 2.50. The minimum atomic E-state index is -0.620. The lowest BCUT2D eigenvalue weighted by Gasteiger charge is -2.38. The van der Waals surface area contributed by atoms with Gasteiger partial charge in [0.2, 0.25) is 0 Å². The first kappa shape index (κ1) is 14.8. The number of likely N-dealkylation sites (N-methyl/N-ethyl adjacent to an activating group) is 1. The van der Waals surface area contributed by atoms with E-state index in [1.165, 1.54) is 30.6 Å². The van der Waals surface area contributed by atoms with Gasteiger partial charge in [0.1, 0.15) is 5.54 Å². The molecule has 3 aliphatic rings. The van der Waals surface area contributed by atoms with E-state index in [0.717, 1.165) is 39.0 Å². The molecule has 0 saturated carbocycles. The SMILES string of the molecule is CN1C(=O)NC2(CCN(CCC3CCCCN3)CC2)C1=O. The summed E-state index contributed by atoms with van der Waals surface area (Å²) >= 11 is 0. The maximum absolute atomic E-state index is 12.2. The molecule has 3 heterocycles. The molecule has 2 N–H and O–H groups in total. The Morgan fingerprint density at radius 3 is 2.57 bits per heavy atom. The van der Waals surface area contributed by atoms with E-state index in [0.29, 0.717) is 6.04 Å². The molecular formula is C15H26N4O2. The van der Waals surface area contributed by atoms with Crippen LogP contribution >= 0.6 is 0 Å². The third kappa shape index (κ3) is 2.92.